The average Bonchev–Trinajstić information content (AvgIpc) is 3.40. The summed E-state index contributed by atoms with van der Waals surface area (Å²) in [5, 5.41) is 0. The first kappa shape index (κ1) is 19.6. The summed E-state index contributed by atoms with van der Waals surface area (Å²) in [6.07, 6.45) is 2.16. The molecule has 4 rings (SSSR count). The molecule has 0 bridgehead atoms. The lowest BCUT2D eigenvalue weighted by molar-refractivity contribution is -0.133. The maximum atomic E-state index is 13.1. The van der Waals surface area contributed by atoms with E-state index in [2.05, 4.69) is 17.0 Å². The Bertz CT molecular complexity index is 870. The number of nitrogens with zero attached hydrogens (tertiary/aromatic N) is 2. The Hall–Kier alpha value is -2.73. The summed E-state index contributed by atoms with van der Waals surface area (Å²) in [6, 6.07) is 14.3. The number of carbonyl (C=O) groups excluding carboxylic acids is 1. The van der Waals surface area contributed by atoms with Gasteiger partial charge >= 0.3 is 0 Å². The average molecular weight is 396 g/mol. The minimum Gasteiger partial charge on any atom is -0.497 e. The molecule has 29 heavy (non-hydrogen) atoms. The highest BCUT2D eigenvalue weighted by atomic mass is 16.7. The van der Waals surface area contributed by atoms with E-state index in [1.54, 1.807) is 7.11 Å². The molecule has 1 atom stereocenters. The summed E-state index contributed by atoms with van der Waals surface area (Å²) in [6.45, 7) is 4.90. The fourth-order valence-electron chi connectivity index (χ4n) is 4.15. The van der Waals surface area contributed by atoms with Crippen LogP contribution in [0.15, 0.2) is 42.5 Å². The maximum absolute atomic E-state index is 13.1. The van der Waals surface area contributed by atoms with Crippen molar-refractivity contribution in [1.82, 2.24) is 9.80 Å². The van der Waals surface area contributed by atoms with E-state index in [1.165, 1.54) is 5.56 Å². The number of amides is 1. The van der Waals surface area contributed by atoms with Crippen LogP contribution in [0.1, 0.15) is 36.9 Å². The van der Waals surface area contributed by atoms with E-state index >= 15 is 0 Å². The zero-order valence-corrected chi connectivity index (χ0v) is 17.1. The Balaban J connectivity index is 1.42. The molecular formula is C23H28N2O4. The van der Waals surface area contributed by atoms with Crippen LogP contribution < -0.4 is 14.2 Å². The lowest BCUT2D eigenvalue weighted by Gasteiger charge is -2.28. The van der Waals surface area contributed by atoms with E-state index in [0.717, 1.165) is 42.2 Å². The van der Waals surface area contributed by atoms with Crippen molar-refractivity contribution in [1.29, 1.82) is 0 Å². The van der Waals surface area contributed by atoms with Crippen molar-refractivity contribution in [2.75, 3.05) is 33.5 Å². The molecule has 1 unspecified atom stereocenters. The molecular weight excluding hydrogens is 368 g/mol. The van der Waals surface area contributed by atoms with E-state index in [4.69, 9.17) is 14.2 Å². The number of likely N-dealkylation sites (tertiary alicyclic amines) is 1. The number of methoxy groups -OCH3 is 1. The molecule has 154 valence electrons. The van der Waals surface area contributed by atoms with Gasteiger partial charge in [0.05, 0.1) is 13.7 Å². The van der Waals surface area contributed by atoms with Crippen LogP contribution >= 0.6 is 0 Å². The van der Waals surface area contributed by atoms with E-state index < -0.39 is 0 Å². The normalized spacial score (nSPS) is 18.1. The molecule has 1 amide bonds. The molecule has 1 fully saturated rings. The van der Waals surface area contributed by atoms with E-state index in [9.17, 15) is 4.79 Å². The highest BCUT2D eigenvalue weighted by molar-refractivity contribution is 5.78. The van der Waals surface area contributed by atoms with Crippen LogP contribution in [-0.2, 0) is 11.3 Å². The summed E-state index contributed by atoms with van der Waals surface area (Å²) >= 11 is 0. The van der Waals surface area contributed by atoms with E-state index in [0.29, 0.717) is 19.6 Å². The van der Waals surface area contributed by atoms with Crippen molar-refractivity contribution in [3.05, 3.63) is 53.6 Å². The van der Waals surface area contributed by atoms with Crippen LogP contribution in [0.5, 0.6) is 17.2 Å². The number of carbonyl (C=O) groups is 1. The Morgan fingerprint density at radius 2 is 2.07 bits per heavy atom. The number of hydrogen-bond acceptors (Lipinski definition) is 5. The molecule has 0 aromatic heterocycles. The second-order valence-electron chi connectivity index (χ2n) is 7.50. The summed E-state index contributed by atoms with van der Waals surface area (Å²) in [4.78, 5) is 17.3. The molecule has 2 aliphatic heterocycles. The van der Waals surface area contributed by atoms with Gasteiger partial charge in [0.15, 0.2) is 11.5 Å². The zero-order valence-electron chi connectivity index (χ0n) is 17.1. The minimum absolute atomic E-state index is 0.153. The fourth-order valence-corrected chi connectivity index (χ4v) is 4.15. The Kier molecular flexibility index (Phi) is 5.90. The van der Waals surface area contributed by atoms with Gasteiger partial charge < -0.3 is 19.1 Å². The first-order valence-electron chi connectivity index (χ1n) is 10.2. The molecule has 6 heteroatoms. The van der Waals surface area contributed by atoms with E-state index in [-0.39, 0.29) is 18.7 Å². The first-order chi connectivity index (χ1) is 14.2. The molecule has 1 saturated heterocycles. The van der Waals surface area contributed by atoms with Crippen molar-refractivity contribution < 1.29 is 19.0 Å². The third-order valence-electron chi connectivity index (χ3n) is 5.73. The zero-order chi connectivity index (χ0) is 20.2. The molecule has 2 heterocycles. The number of fused-ring (bicyclic) bond motifs is 1. The number of hydrogen-bond donors (Lipinski definition) is 0. The van der Waals surface area contributed by atoms with Crippen molar-refractivity contribution in [3.8, 4) is 17.2 Å². The monoisotopic (exact) mass is 396 g/mol. The van der Waals surface area contributed by atoms with Crippen LogP contribution in [0.2, 0.25) is 0 Å². The van der Waals surface area contributed by atoms with Crippen molar-refractivity contribution in [2.24, 2.45) is 0 Å². The molecule has 2 aromatic carbocycles. The van der Waals surface area contributed by atoms with Gasteiger partial charge in [-0.25, -0.2) is 0 Å². The van der Waals surface area contributed by atoms with Gasteiger partial charge in [0.1, 0.15) is 5.75 Å². The van der Waals surface area contributed by atoms with Crippen molar-refractivity contribution >= 4 is 5.91 Å². The molecule has 0 saturated carbocycles. The molecule has 2 aliphatic rings. The topological polar surface area (TPSA) is 51.2 Å². The van der Waals surface area contributed by atoms with Crippen LogP contribution in [0, 0.1) is 0 Å². The molecule has 2 aromatic rings. The number of likely N-dealkylation sites (N-methyl/N-ethyl adjacent to an activating group) is 1. The van der Waals surface area contributed by atoms with Gasteiger partial charge in [0.25, 0.3) is 0 Å². The predicted molar refractivity (Wildman–Crippen MR) is 110 cm³/mol. The minimum atomic E-state index is 0.153. The summed E-state index contributed by atoms with van der Waals surface area (Å²) in [5.74, 6) is 2.53. The van der Waals surface area contributed by atoms with Gasteiger partial charge in [-0.05, 0) is 61.7 Å². The maximum Gasteiger partial charge on any atom is 0.237 e. The van der Waals surface area contributed by atoms with Gasteiger partial charge in [-0.1, -0.05) is 18.2 Å². The highest BCUT2D eigenvalue weighted by Gasteiger charge is 2.29. The van der Waals surface area contributed by atoms with Crippen LogP contribution in [0.25, 0.3) is 0 Å². The summed E-state index contributed by atoms with van der Waals surface area (Å²) in [7, 11) is 1.68. The fraction of sp³-hybridized carbons (Fsp3) is 0.435. The second-order valence-corrected chi connectivity index (χ2v) is 7.50. The quantitative estimate of drug-likeness (QED) is 0.716. The molecule has 0 aliphatic carbocycles. The molecule has 6 nitrogen and oxygen atoms in total. The van der Waals surface area contributed by atoms with Crippen LogP contribution in [0.3, 0.4) is 0 Å². The van der Waals surface area contributed by atoms with Gasteiger partial charge in [-0.2, -0.15) is 0 Å². The number of rotatable bonds is 7. The van der Waals surface area contributed by atoms with Gasteiger partial charge in [-0.3, -0.25) is 9.69 Å². The van der Waals surface area contributed by atoms with Crippen molar-refractivity contribution in [2.45, 2.75) is 32.4 Å². The van der Waals surface area contributed by atoms with Crippen LogP contribution in [-0.4, -0.2) is 49.2 Å². The van der Waals surface area contributed by atoms with Gasteiger partial charge in [0.2, 0.25) is 12.7 Å². The van der Waals surface area contributed by atoms with Crippen molar-refractivity contribution in [3.63, 3.8) is 0 Å². The molecule has 0 N–H and O–H groups in total. The lowest BCUT2D eigenvalue weighted by Crippen LogP contribution is -2.39. The third kappa shape index (κ3) is 4.32. The Labute approximate surface area is 172 Å². The Morgan fingerprint density at radius 3 is 2.90 bits per heavy atom. The van der Waals surface area contributed by atoms with Gasteiger partial charge in [-0.15, -0.1) is 0 Å². The lowest BCUT2D eigenvalue weighted by atomic mass is 10.0. The predicted octanol–water partition coefficient (Wildman–Crippen LogP) is 3.61. The summed E-state index contributed by atoms with van der Waals surface area (Å²) in [5.41, 5.74) is 2.27. The second kappa shape index (κ2) is 8.74. The van der Waals surface area contributed by atoms with Gasteiger partial charge in [0, 0.05) is 19.1 Å². The number of benzene rings is 2. The van der Waals surface area contributed by atoms with Crippen LogP contribution in [0.4, 0.5) is 0 Å². The highest BCUT2D eigenvalue weighted by Crippen LogP contribution is 2.34. The largest absolute Gasteiger partial charge is 0.497 e. The standard InChI is InChI=1S/C23H28N2O4/c1-3-24(14-17-9-10-21-22(12-17)29-16-28-21)23(26)15-25-11-5-8-20(25)18-6-4-7-19(13-18)27-2/h4,6-7,9-10,12-13,20H,3,5,8,11,14-16H2,1-2H3. The third-order valence-corrected chi connectivity index (χ3v) is 5.73. The molecule has 0 radical (unpaired) electrons. The number of ether oxygens (including phenoxy) is 3. The first-order valence-corrected chi connectivity index (χ1v) is 10.2. The Morgan fingerprint density at radius 1 is 1.21 bits per heavy atom. The smallest absolute Gasteiger partial charge is 0.237 e. The van der Waals surface area contributed by atoms with E-state index in [1.807, 2.05) is 42.2 Å². The summed E-state index contributed by atoms with van der Waals surface area (Å²) < 4.78 is 16.2. The SMILES string of the molecule is CCN(Cc1ccc2c(c1)OCO2)C(=O)CN1CCCC1c1cccc(OC)c1. The molecule has 0 spiro atoms.